The molecule has 116 valence electrons. The van der Waals surface area contributed by atoms with E-state index in [9.17, 15) is 4.39 Å². The molecule has 0 aliphatic carbocycles. The van der Waals surface area contributed by atoms with Crippen LogP contribution in [0.4, 0.5) is 15.9 Å². The zero-order valence-electron chi connectivity index (χ0n) is 12.5. The molecule has 7 heteroatoms. The molecule has 0 radical (unpaired) electrons. The number of para-hydroxylation sites is 1. The van der Waals surface area contributed by atoms with Crippen LogP contribution in [0.2, 0.25) is 0 Å². The Balaban J connectivity index is 1.86. The third-order valence-corrected chi connectivity index (χ3v) is 2.55. The molecule has 0 spiro atoms. The maximum Gasteiger partial charge on any atom is 0.318 e. The van der Waals surface area contributed by atoms with E-state index in [0.29, 0.717) is 13.2 Å². The van der Waals surface area contributed by atoms with Gasteiger partial charge in [0, 0.05) is 26.3 Å². The number of nitrogens with one attached hydrogen (secondary N) is 1. The van der Waals surface area contributed by atoms with Crippen molar-refractivity contribution in [2.24, 2.45) is 4.99 Å². The Morgan fingerprint density at radius 2 is 2.09 bits per heavy atom. The maximum atomic E-state index is 13.5. The van der Waals surface area contributed by atoms with Crippen LogP contribution in [-0.4, -0.2) is 48.5 Å². The lowest BCUT2D eigenvalue weighted by molar-refractivity contribution is 0.305. The Kier molecular flexibility index (Phi) is 5.65. The van der Waals surface area contributed by atoms with Crippen LogP contribution in [0.3, 0.4) is 0 Å². The van der Waals surface area contributed by atoms with Gasteiger partial charge in [-0.3, -0.25) is 0 Å². The maximum absolute atomic E-state index is 13.5. The first-order valence-electron chi connectivity index (χ1n) is 6.80. The van der Waals surface area contributed by atoms with Gasteiger partial charge in [0.2, 0.25) is 0 Å². The monoisotopic (exact) mass is 303 g/mol. The Labute approximate surface area is 128 Å². The van der Waals surface area contributed by atoms with E-state index >= 15 is 0 Å². The quantitative estimate of drug-likeness (QED) is 0.483. The molecule has 1 aromatic heterocycles. The number of anilines is 1. The average Bonchev–Trinajstić information content (AvgIpc) is 2.52. The number of hydrogen-bond acceptors (Lipinski definition) is 5. The standard InChI is InChI=1S/C15H18FN5O/c1-21(2)11-19-14-13(16)10-18-15(20-14)22-9-8-17-12-6-4-3-5-7-12/h3-7,10-11,17H,8-9H2,1-2H3/b19-11+. The van der Waals surface area contributed by atoms with Gasteiger partial charge in [-0.1, -0.05) is 18.2 Å². The fourth-order valence-electron chi connectivity index (χ4n) is 1.57. The lowest BCUT2D eigenvalue weighted by atomic mass is 10.3. The van der Waals surface area contributed by atoms with E-state index in [0.717, 1.165) is 11.9 Å². The molecule has 0 saturated carbocycles. The molecule has 0 amide bonds. The lowest BCUT2D eigenvalue weighted by Gasteiger charge is -2.08. The summed E-state index contributed by atoms with van der Waals surface area (Å²) in [6, 6.07) is 9.86. The summed E-state index contributed by atoms with van der Waals surface area (Å²) in [4.78, 5) is 13.3. The Hall–Kier alpha value is -2.70. The van der Waals surface area contributed by atoms with Crippen molar-refractivity contribution in [1.82, 2.24) is 14.9 Å². The van der Waals surface area contributed by atoms with Gasteiger partial charge in [0.25, 0.3) is 0 Å². The highest BCUT2D eigenvalue weighted by Gasteiger charge is 2.06. The summed E-state index contributed by atoms with van der Waals surface area (Å²) >= 11 is 0. The van der Waals surface area contributed by atoms with E-state index in [1.807, 2.05) is 30.3 Å². The molecule has 22 heavy (non-hydrogen) atoms. The van der Waals surface area contributed by atoms with Crippen molar-refractivity contribution in [3.8, 4) is 6.01 Å². The summed E-state index contributed by atoms with van der Waals surface area (Å²) in [7, 11) is 3.57. The highest BCUT2D eigenvalue weighted by molar-refractivity contribution is 5.59. The number of hydrogen-bond donors (Lipinski definition) is 1. The van der Waals surface area contributed by atoms with Crippen molar-refractivity contribution in [2.75, 3.05) is 32.6 Å². The van der Waals surface area contributed by atoms with Crippen LogP contribution in [0.5, 0.6) is 6.01 Å². The molecular formula is C15H18FN5O. The average molecular weight is 303 g/mol. The van der Waals surface area contributed by atoms with Crippen molar-refractivity contribution in [3.63, 3.8) is 0 Å². The van der Waals surface area contributed by atoms with Crippen LogP contribution in [0, 0.1) is 5.82 Å². The highest BCUT2D eigenvalue weighted by atomic mass is 19.1. The molecule has 0 aliphatic heterocycles. The predicted octanol–water partition coefficient (Wildman–Crippen LogP) is 2.33. The van der Waals surface area contributed by atoms with Crippen molar-refractivity contribution in [3.05, 3.63) is 42.3 Å². The minimum absolute atomic E-state index is 0.0466. The first kappa shape index (κ1) is 15.7. The summed E-state index contributed by atoms with van der Waals surface area (Å²) < 4.78 is 18.9. The van der Waals surface area contributed by atoms with Gasteiger partial charge in [-0.15, -0.1) is 0 Å². The topological polar surface area (TPSA) is 62.6 Å². The molecule has 2 aromatic rings. The number of benzene rings is 1. The third-order valence-electron chi connectivity index (χ3n) is 2.55. The molecule has 0 aliphatic rings. The number of rotatable bonds is 7. The molecule has 6 nitrogen and oxygen atoms in total. The summed E-state index contributed by atoms with van der Waals surface area (Å²) in [5.74, 6) is -0.637. The molecular weight excluding hydrogens is 285 g/mol. The smallest absolute Gasteiger partial charge is 0.318 e. The SMILES string of the molecule is CN(C)/C=N/c1nc(OCCNc2ccccc2)ncc1F. The van der Waals surface area contributed by atoms with Crippen LogP contribution in [0.15, 0.2) is 41.5 Å². The first-order chi connectivity index (χ1) is 10.6. The van der Waals surface area contributed by atoms with Crippen molar-refractivity contribution in [1.29, 1.82) is 0 Å². The van der Waals surface area contributed by atoms with E-state index in [1.165, 1.54) is 6.34 Å². The van der Waals surface area contributed by atoms with Crippen molar-refractivity contribution < 1.29 is 9.13 Å². The van der Waals surface area contributed by atoms with Gasteiger partial charge < -0.3 is 15.0 Å². The molecule has 1 heterocycles. The van der Waals surface area contributed by atoms with E-state index < -0.39 is 5.82 Å². The fraction of sp³-hybridized carbons (Fsp3) is 0.267. The molecule has 0 saturated heterocycles. The molecule has 2 rings (SSSR count). The molecule has 0 fully saturated rings. The van der Waals surface area contributed by atoms with Gasteiger partial charge in [0.15, 0.2) is 11.6 Å². The second kappa shape index (κ2) is 7.92. The van der Waals surface area contributed by atoms with Gasteiger partial charge >= 0.3 is 6.01 Å². The van der Waals surface area contributed by atoms with E-state index in [4.69, 9.17) is 4.74 Å². The third kappa shape index (κ3) is 5.01. The number of aromatic nitrogens is 2. The Bertz CT molecular complexity index is 619. The van der Waals surface area contributed by atoms with Crippen LogP contribution in [-0.2, 0) is 0 Å². The number of halogens is 1. The zero-order chi connectivity index (χ0) is 15.8. The van der Waals surface area contributed by atoms with Crippen LogP contribution >= 0.6 is 0 Å². The second-order valence-corrected chi connectivity index (χ2v) is 4.67. The van der Waals surface area contributed by atoms with E-state index in [-0.39, 0.29) is 11.8 Å². The first-order valence-corrected chi connectivity index (χ1v) is 6.80. The minimum atomic E-state index is -0.590. The minimum Gasteiger partial charge on any atom is -0.462 e. The molecule has 1 N–H and O–H groups in total. The zero-order valence-corrected chi connectivity index (χ0v) is 12.5. The number of nitrogens with zero attached hydrogens (tertiary/aromatic N) is 4. The number of aliphatic imine (C=N–C) groups is 1. The summed E-state index contributed by atoms with van der Waals surface area (Å²) in [6.45, 7) is 0.943. The van der Waals surface area contributed by atoms with Gasteiger partial charge in [-0.05, 0) is 12.1 Å². The van der Waals surface area contributed by atoms with Crippen LogP contribution in [0.25, 0.3) is 0 Å². The molecule has 0 bridgehead atoms. The largest absolute Gasteiger partial charge is 0.462 e. The molecule has 1 aromatic carbocycles. The van der Waals surface area contributed by atoms with Crippen molar-refractivity contribution >= 4 is 17.8 Å². The number of ether oxygens (including phenoxy) is 1. The fourth-order valence-corrected chi connectivity index (χ4v) is 1.57. The Morgan fingerprint density at radius 3 is 2.82 bits per heavy atom. The summed E-state index contributed by atoms with van der Waals surface area (Å²) in [5.41, 5.74) is 1.00. The summed E-state index contributed by atoms with van der Waals surface area (Å²) in [5, 5.41) is 3.19. The van der Waals surface area contributed by atoms with Crippen LogP contribution < -0.4 is 10.1 Å². The molecule has 0 atom stereocenters. The van der Waals surface area contributed by atoms with Crippen LogP contribution in [0.1, 0.15) is 0 Å². The summed E-state index contributed by atoms with van der Waals surface area (Å²) in [6.07, 6.45) is 2.52. The van der Waals surface area contributed by atoms with Crippen molar-refractivity contribution in [2.45, 2.75) is 0 Å². The van der Waals surface area contributed by atoms with Gasteiger partial charge in [0.1, 0.15) is 6.61 Å². The second-order valence-electron chi connectivity index (χ2n) is 4.67. The van der Waals surface area contributed by atoms with Gasteiger partial charge in [0.05, 0.1) is 12.5 Å². The molecule has 0 unspecified atom stereocenters. The normalized spacial score (nSPS) is 10.7. The highest BCUT2D eigenvalue weighted by Crippen LogP contribution is 2.16. The van der Waals surface area contributed by atoms with E-state index in [2.05, 4.69) is 20.3 Å². The van der Waals surface area contributed by atoms with Gasteiger partial charge in [-0.25, -0.2) is 14.4 Å². The Morgan fingerprint density at radius 1 is 1.32 bits per heavy atom. The predicted molar refractivity (Wildman–Crippen MR) is 84.3 cm³/mol. The lowest BCUT2D eigenvalue weighted by Crippen LogP contribution is -2.12. The van der Waals surface area contributed by atoms with E-state index in [1.54, 1.807) is 19.0 Å². The van der Waals surface area contributed by atoms with Gasteiger partial charge in [-0.2, -0.15) is 4.98 Å².